The summed E-state index contributed by atoms with van der Waals surface area (Å²) in [6, 6.07) is 6.33. The highest BCUT2D eigenvalue weighted by atomic mass is 32.1. The van der Waals surface area contributed by atoms with E-state index in [0.29, 0.717) is 17.2 Å². The molecule has 1 aromatic heterocycles. The van der Waals surface area contributed by atoms with Gasteiger partial charge in [0.15, 0.2) is 5.76 Å². The number of thiophene rings is 1. The van der Waals surface area contributed by atoms with Gasteiger partial charge in [-0.3, -0.25) is 4.79 Å². The summed E-state index contributed by atoms with van der Waals surface area (Å²) >= 11 is 1.30. The monoisotopic (exact) mass is 262 g/mol. The maximum atomic E-state index is 13.1. The number of ketones is 1. The minimum atomic E-state index is -0.281. The van der Waals surface area contributed by atoms with E-state index in [9.17, 15) is 9.18 Å². The van der Waals surface area contributed by atoms with Crippen LogP contribution < -0.4 is 0 Å². The summed E-state index contributed by atoms with van der Waals surface area (Å²) in [6.45, 7) is 0.594. The summed E-state index contributed by atoms with van der Waals surface area (Å²) in [6.07, 6.45) is 3.66. The van der Waals surface area contributed by atoms with Gasteiger partial charge in [-0.25, -0.2) is 4.39 Å². The molecular weight excluding hydrogens is 251 g/mol. The Morgan fingerprint density at radius 1 is 1.33 bits per heavy atom. The molecule has 2 aromatic rings. The molecule has 4 heteroatoms. The van der Waals surface area contributed by atoms with Crippen LogP contribution in [0.3, 0.4) is 0 Å². The summed E-state index contributed by atoms with van der Waals surface area (Å²) < 4.78 is 19.2. The Morgan fingerprint density at radius 2 is 2.22 bits per heavy atom. The van der Waals surface area contributed by atoms with Crippen LogP contribution in [0.5, 0.6) is 0 Å². The molecule has 0 N–H and O–H groups in total. The van der Waals surface area contributed by atoms with E-state index < -0.39 is 0 Å². The van der Waals surface area contributed by atoms with Gasteiger partial charge < -0.3 is 4.74 Å². The molecule has 0 amide bonds. The molecule has 0 bridgehead atoms. The molecule has 1 aliphatic heterocycles. The molecular formula is C14H11FO2S. The highest BCUT2D eigenvalue weighted by Crippen LogP contribution is 2.29. The van der Waals surface area contributed by atoms with Crippen LogP contribution in [-0.2, 0) is 4.74 Å². The Balaban J connectivity index is 1.98. The normalized spacial score (nSPS) is 15.3. The minimum Gasteiger partial charge on any atom is -0.490 e. The number of carbonyl (C=O) groups is 1. The fraction of sp³-hybridized carbons (Fsp3) is 0.214. The van der Waals surface area contributed by atoms with Crippen molar-refractivity contribution in [2.45, 2.75) is 12.8 Å². The fourth-order valence-electron chi connectivity index (χ4n) is 1.95. The highest BCUT2D eigenvalue weighted by molar-refractivity contribution is 7.21. The van der Waals surface area contributed by atoms with E-state index >= 15 is 0 Å². The second-order valence-electron chi connectivity index (χ2n) is 4.18. The van der Waals surface area contributed by atoms with E-state index in [1.165, 1.54) is 23.5 Å². The van der Waals surface area contributed by atoms with Crippen LogP contribution in [0.1, 0.15) is 22.5 Å². The standard InChI is InChI=1S/C14H11FO2S/c15-10-5-4-9-7-13(18-12(9)8-10)14(16)11-3-1-2-6-17-11/h3-5,7-8H,1-2,6H2. The van der Waals surface area contributed by atoms with Crippen molar-refractivity contribution >= 4 is 27.2 Å². The third-order valence-corrected chi connectivity index (χ3v) is 3.96. The molecule has 2 nitrogen and oxygen atoms in total. The van der Waals surface area contributed by atoms with Gasteiger partial charge in [-0.2, -0.15) is 0 Å². The SMILES string of the molecule is O=C(C1=CCCCO1)c1cc2ccc(F)cc2s1. The molecule has 0 saturated carbocycles. The van der Waals surface area contributed by atoms with Crippen molar-refractivity contribution in [1.29, 1.82) is 0 Å². The third kappa shape index (κ3) is 2.04. The molecule has 92 valence electrons. The Morgan fingerprint density at radius 3 is 3.00 bits per heavy atom. The van der Waals surface area contributed by atoms with Crippen molar-refractivity contribution in [3.05, 3.63) is 46.8 Å². The summed E-state index contributed by atoms with van der Waals surface area (Å²) in [5.74, 6) is 0.0427. The predicted molar refractivity (Wildman–Crippen MR) is 69.4 cm³/mol. The van der Waals surface area contributed by atoms with E-state index in [1.807, 2.05) is 6.08 Å². The van der Waals surface area contributed by atoms with Crippen molar-refractivity contribution in [2.75, 3.05) is 6.61 Å². The second-order valence-corrected chi connectivity index (χ2v) is 5.26. The number of hydrogen-bond donors (Lipinski definition) is 0. The largest absolute Gasteiger partial charge is 0.490 e. The average molecular weight is 262 g/mol. The molecule has 1 aromatic carbocycles. The molecule has 1 aliphatic rings. The lowest BCUT2D eigenvalue weighted by molar-refractivity contribution is 0.0903. The number of carbonyl (C=O) groups excluding carboxylic acids is 1. The van der Waals surface area contributed by atoms with Crippen molar-refractivity contribution in [3.63, 3.8) is 0 Å². The number of ether oxygens (including phenoxy) is 1. The molecule has 0 radical (unpaired) electrons. The van der Waals surface area contributed by atoms with Gasteiger partial charge in [0.05, 0.1) is 11.5 Å². The lowest BCUT2D eigenvalue weighted by Gasteiger charge is -2.12. The van der Waals surface area contributed by atoms with E-state index in [0.717, 1.165) is 22.9 Å². The van der Waals surface area contributed by atoms with Crippen molar-refractivity contribution < 1.29 is 13.9 Å². The van der Waals surface area contributed by atoms with Crippen LogP contribution >= 0.6 is 11.3 Å². The third-order valence-electron chi connectivity index (χ3n) is 2.87. The van der Waals surface area contributed by atoms with Gasteiger partial charge in [-0.15, -0.1) is 11.3 Å². The highest BCUT2D eigenvalue weighted by Gasteiger charge is 2.18. The molecule has 0 fully saturated rings. The number of Topliss-reactive ketones (excluding diaryl/α,β-unsaturated/α-hetero) is 1. The van der Waals surface area contributed by atoms with Gasteiger partial charge in [0.1, 0.15) is 5.82 Å². The number of halogens is 1. The van der Waals surface area contributed by atoms with Crippen molar-refractivity contribution in [3.8, 4) is 0 Å². The Hall–Kier alpha value is -1.68. The first-order chi connectivity index (χ1) is 8.74. The lowest BCUT2D eigenvalue weighted by atomic mass is 10.1. The van der Waals surface area contributed by atoms with E-state index in [-0.39, 0.29) is 11.6 Å². The Labute approximate surface area is 108 Å². The average Bonchev–Trinajstić information content (AvgIpc) is 2.81. The Kier molecular flexibility index (Phi) is 2.88. The van der Waals surface area contributed by atoms with Crippen molar-refractivity contribution in [1.82, 2.24) is 0 Å². The maximum absolute atomic E-state index is 13.1. The van der Waals surface area contributed by atoms with Gasteiger partial charge >= 0.3 is 0 Å². The van der Waals surface area contributed by atoms with E-state index in [4.69, 9.17) is 4.74 Å². The summed E-state index contributed by atoms with van der Waals surface area (Å²) in [5, 5.41) is 0.890. The molecule has 2 heterocycles. The second kappa shape index (κ2) is 4.53. The van der Waals surface area contributed by atoms with Crippen molar-refractivity contribution in [2.24, 2.45) is 0 Å². The number of benzene rings is 1. The molecule has 0 unspecified atom stereocenters. The lowest BCUT2D eigenvalue weighted by Crippen LogP contribution is -2.10. The summed E-state index contributed by atoms with van der Waals surface area (Å²) in [4.78, 5) is 12.8. The number of allylic oxidation sites excluding steroid dienone is 2. The van der Waals surface area contributed by atoms with Crippen LogP contribution in [0.4, 0.5) is 4.39 Å². The molecule has 0 saturated heterocycles. The van der Waals surface area contributed by atoms with E-state index in [1.54, 1.807) is 12.1 Å². The van der Waals surface area contributed by atoms with Crippen LogP contribution in [0, 0.1) is 5.82 Å². The molecule has 0 aliphatic carbocycles. The zero-order chi connectivity index (χ0) is 12.5. The first kappa shape index (κ1) is 11.4. The fourth-order valence-corrected chi connectivity index (χ4v) is 2.99. The van der Waals surface area contributed by atoms with Gasteiger partial charge in [0.2, 0.25) is 5.78 Å². The zero-order valence-corrected chi connectivity index (χ0v) is 10.4. The first-order valence-corrected chi connectivity index (χ1v) is 6.62. The molecule has 0 atom stereocenters. The van der Waals surface area contributed by atoms with Crippen LogP contribution in [0.25, 0.3) is 10.1 Å². The maximum Gasteiger partial charge on any atom is 0.237 e. The van der Waals surface area contributed by atoms with E-state index in [2.05, 4.69) is 0 Å². The molecule has 18 heavy (non-hydrogen) atoms. The quantitative estimate of drug-likeness (QED) is 0.767. The molecule has 3 rings (SSSR count). The predicted octanol–water partition coefficient (Wildman–Crippen LogP) is 3.92. The van der Waals surface area contributed by atoms with Crippen LogP contribution in [0.15, 0.2) is 36.1 Å². The smallest absolute Gasteiger partial charge is 0.237 e. The Bertz CT molecular complexity index is 642. The van der Waals surface area contributed by atoms with Gasteiger partial charge in [0, 0.05) is 4.70 Å². The van der Waals surface area contributed by atoms with Crippen LogP contribution in [0.2, 0.25) is 0 Å². The van der Waals surface area contributed by atoms with Gasteiger partial charge in [0.25, 0.3) is 0 Å². The van der Waals surface area contributed by atoms with Gasteiger partial charge in [-0.1, -0.05) is 6.07 Å². The minimum absolute atomic E-state index is 0.101. The summed E-state index contributed by atoms with van der Waals surface area (Å²) in [5.41, 5.74) is 0. The molecule has 0 spiro atoms. The zero-order valence-electron chi connectivity index (χ0n) is 9.61. The van der Waals surface area contributed by atoms with Gasteiger partial charge in [-0.05, 0) is 42.5 Å². The summed E-state index contributed by atoms with van der Waals surface area (Å²) in [7, 11) is 0. The number of fused-ring (bicyclic) bond motifs is 1. The first-order valence-electron chi connectivity index (χ1n) is 5.81. The number of rotatable bonds is 2. The number of hydrogen-bond acceptors (Lipinski definition) is 3. The van der Waals surface area contributed by atoms with Crippen LogP contribution in [-0.4, -0.2) is 12.4 Å². The topological polar surface area (TPSA) is 26.3 Å².